The van der Waals surface area contributed by atoms with Crippen LogP contribution in [-0.4, -0.2) is 19.2 Å². The molecule has 3 heteroatoms. The van der Waals surface area contributed by atoms with Gasteiger partial charge < -0.3 is 9.64 Å². The standard InChI is InChI=1S/C18H19ClNO/c1-14-2-6-16(7-3-14)20-12-10-18(11-13-20)21-17-8-4-15(19)5-9-17/h2-9,18H,1,10-13H2. The molecule has 2 nitrogen and oxygen atoms in total. The normalized spacial score (nSPS) is 16.0. The summed E-state index contributed by atoms with van der Waals surface area (Å²) in [6.45, 7) is 5.97. The Hall–Kier alpha value is -1.67. The van der Waals surface area contributed by atoms with Crippen LogP contribution in [0.25, 0.3) is 0 Å². The van der Waals surface area contributed by atoms with Crippen molar-refractivity contribution in [3.05, 3.63) is 66.0 Å². The number of anilines is 1. The topological polar surface area (TPSA) is 12.5 Å². The summed E-state index contributed by atoms with van der Waals surface area (Å²) >= 11 is 5.89. The molecule has 0 aliphatic carbocycles. The minimum atomic E-state index is 0.287. The van der Waals surface area contributed by atoms with Crippen molar-refractivity contribution in [2.45, 2.75) is 18.9 Å². The zero-order valence-electron chi connectivity index (χ0n) is 12.0. The number of benzene rings is 2. The second kappa shape index (κ2) is 6.40. The highest BCUT2D eigenvalue weighted by atomic mass is 35.5. The third-order valence-electron chi connectivity index (χ3n) is 3.86. The van der Waals surface area contributed by atoms with E-state index in [0.717, 1.165) is 42.3 Å². The number of piperidine rings is 1. The van der Waals surface area contributed by atoms with Crippen LogP contribution in [0.5, 0.6) is 5.75 Å². The molecular formula is C18H19ClNO. The van der Waals surface area contributed by atoms with Gasteiger partial charge in [0.1, 0.15) is 11.9 Å². The molecule has 0 amide bonds. The van der Waals surface area contributed by atoms with Gasteiger partial charge in [-0.2, -0.15) is 0 Å². The summed E-state index contributed by atoms with van der Waals surface area (Å²) in [6, 6.07) is 16.0. The summed E-state index contributed by atoms with van der Waals surface area (Å²) in [5, 5.41) is 0.742. The molecule has 2 aromatic carbocycles. The van der Waals surface area contributed by atoms with Gasteiger partial charge in [-0.3, -0.25) is 0 Å². The Morgan fingerprint density at radius 1 is 0.952 bits per heavy atom. The maximum absolute atomic E-state index is 6.02. The highest BCUT2D eigenvalue weighted by Gasteiger charge is 2.20. The molecule has 1 fully saturated rings. The number of rotatable bonds is 3. The van der Waals surface area contributed by atoms with Crippen LogP contribution in [0.15, 0.2) is 48.5 Å². The lowest BCUT2D eigenvalue weighted by Crippen LogP contribution is -2.38. The van der Waals surface area contributed by atoms with Crippen molar-refractivity contribution in [3.63, 3.8) is 0 Å². The Bertz CT molecular complexity index is 571. The van der Waals surface area contributed by atoms with Crippen molar-refractivity contribution in [1.29, 1.82) is 0 Å². The number of hydrogen-bond acceptors (Lipinski definition) is 2. The Kier molecular flexibility index (Phi) is 4.35. The SMILES string of the molecule is [CH2]c1ccc(N2CCC(Oc3ccc(Cl)cc3)CC2)cc1. The predicted molar refractivity (Wildman–Crippen MR) is 88.2 cm³/mol. The molecule has 0 atom stereocenters. The second-order valence-corrected chi connectivity index (χ2v) is 5.86. The zero-order valence-corrected chi connectivity index (χ0v) is 12.7. The van der Waals surface area contributed by atoms with Crippen molar-refractivity contribution in [1.82, 2.24) is 0 Å². The summed E-state index contributed by atoms with van der Waals surface area (Å²) in [4.78, 5) is 2.40. The molecule has 0 unspecified atom stereocenters. The van der Waals surface area contributed by atoms with Crippen LogP contribution >= 0.6 is 11.6 Å². The molecule has 0 saturated carbocycles. The summed E-state index contributed by atoms with van der Waals surface area (Å²) < 4.78 is 6.02. The van der Waals surface area contributed by atoms with Gasteiger partial charge in [-0.05, 0) is 48.9 Å². The first-order chi connectivity index (χ1) is 10.2. The van der Waals surface area contributed by atoms with Gasteiger partial charge in [0.05, 0.1) is 0 Å². The van der Waals surface area contributed by atoms with E-state index in [9.17, 15) is 0 Å². The van der Waals surface area contributed by atoms with Crippen LogP contribution in [-0.2, 0) is 0 Å². The van der Waals surface area contributed by atoms with Crippen LogP contribution < -0.4 is 9.64 Å². The molecule has 1 heterocycles. The molecule has 1 saturated heterocycles. The van der Waals surface area contributed by atoms with Crippen molar-refractivity contribution in [2.24, 2.45) is 0 Å². The summed E-state index contributed by atoms with van der Waals surface area (Å²) in [5.41, 5.74) is 2.33. The molecule has 0 aromatic heterocycles. The molecule has 1 aliphatic rings. The minimum absolute atomic E-state index is 0.287. The fraction of sp³-hybridized carbons (Fsp3) is 0.278. The van der Waals surface area contributed by atoms with E-state index >= 15 is 0 Å². The average molecular weight is 301 g/mol. The molecule has 1 radical (unpaired) electrons. The Morgan fingerprint density at radius 2 is 1.57 bits per heavy atom. The predicted octanol–water partition coefficient (Wildman–Crippen LogP) is 4.57. The first-order valence-electron chi connectivity index (χ1n) is 7.30. The summed E-state index contributed by atoms with van der Waals surface area (Å²) in [6.07, 6.45) is 2.36. The lowest BCUT2D eigenvalue weighted by molar-refractivity contribution is 0.171. The second-order valence-electron chi connectivity index (χ2n) is 5.42. The van der Waals surface area contributed by atoms with E-state index in [4.69, 9.17) is 16.3 Å². The van der Waals surface area contributed by atoms with Crippen molar-refractivity contribution >= 4 is 17.3 Å². The summed E-state index contributed by atoms with van der Waals surface area (Å²) in [7, 11) is 0. The fourth-order valence-electron chi connectivity index (χ4n) is 2.64. The lowest BCUT2D eigenvalue weighted by Gasteiger charge is -2.33. The van der Waals surface area contributed by atoms with Gasteiger partial charge in [0.15, 0.2) is 0 Å². The highest BCUT2D eigenvalue weighted by Crippen LogP contribution is 2.24. The van der Waals surface area contributed by atoms with Crippen LogP contribution in [0.1, 0.15) is 18.4 Å². The van der Waals surface area contributed by atoms with E-state index in [0.29, 0.717) is 0 Å². The Balaban J connectivity index is 1.55. The van der Waals surface area contributed by atoms with E-state index in [1.54, 1.807) is 0 Å². The van der Waals surface area contributed by atoms with Crippen molar-refractivity contribution in [3.8, 4) is 5.75 Å². The van der Waals surface area contributed by atoms with E-state index in [2.05, 4.69) is 36.1 Å². The number of hydrogen-bond donors (Lipinski definition) is 0. The highest BCUT2D eigenvalue weighted by molar-refractivity contribution is 6.30. The number of nitrogens with zero attached hydrogens (tertiary/aromatic N) is 1. The van der Waals surface area contributed by atoms with Gasteiger partial charge in [0.25, 0.3) is 0 Å². The maximum Gasteiger partial charge on any atom is 0.119 e. The average Bonchev–Trinajstić information content (AvgIpc) is 2.51. The van der Waals surface area contributed by atoms with Gasteiger partial charge in [0.2, 0.25) is 0 Å². The Morgan fingerprint density at radius 3 is 2.19 bits per heavy atom. The third-order valence-corrected chi connectivity index (χ3v) is 4.11. The molecule has 3 rings (SSSR count). The van der Waals surface area contributed by atoms with Crippen molar-refractivity contribution in [2.75, 3.05) is 18.0 Å². The van der Waals surface area contributed by atoms with Crippen LogP contribution in [0, 0.1) is 6.92 Å². The van der Waals surface area contributed by atoms with Gasteiger partial charge in [0, 0.05) is 36.6 Å². The minimum Gasteiger partial charge on any atom is -0.490 e. The van der Waals surface area contributed by atoms with E-state index < -0.39 is 0 Å². The van der Waals surface area contributed by atoms with Gasteiger partial charge in [-0.1, -0.05) is 23.7 Å². The van der Waals surface area contributed by atoms with Crippen molar-refractivity contribution < 1.29 is 4.74 Å². The molecule has 21 heavy (non-hydrogen) atoms. The molecule has 0 N–H and O–H groups in total. The molecule has 0 spiro atoms. The molecule has 1 aliphatic heterocycles. The first kappa shape index (κ1) is 14.3. The van der Waals surface area contributed by atoms with E-state index in [-0.39, 0.29) is 6.10 Å². The molecule has 2 aromatic rings. The van der Waals surface area contributed by atoms with Crippen LogP contribution in [0.3, 0.4) is 0 Å². The quantitative estimate of drug-likeness (QED) is 0.823. The fourth-order valence-corrected chi connectivity index (χ4v) is 2.77. The van der Waals surface area contributed by atoms with Crippen LogP contribution in [0.2, 0.25) is 5.02 Å². The lowest BCUT2D eigenvalue weighted by atomic mass is 10.1. The molecular weight excluding hydrogens is 282 g/mol. The smallest absolute Gasteiger partial charge is 0.119 e. The summed E-state index contributed by atoms with van der Waals surface area (Å²) in [5.74, 6) is 0.902. The van der Waals surface area contributed by atoms with Crippen LogP contribution in [0.4, 0.5) is 5.69 Å². The first-order valence-corrected chi connectivity index (χ1v) is 7.68. The Labute approximate surface area is 131 Å². The number of ether oxygens (including phenoxy) is 1. The largest absolute Gasteiger partial charge is 0.490 e. The molecule has 109 valence electrons. The van der Waals surface area contributed by atoms with Gasteiger partial charge >= 0.3 is 0 Å². The monoisotopic (exact) mass is 300 g/mol. The third kappa shape index (κ3) is 3.70. The maximum atomic E-state index is 6.02. The molecule has 0 bridgehead atoms. The zero-order chi connectivity index (χ0) is 14.7. The van der Waals surface area contributed by atoms with Gasteiger partial charge in [-0.25, -0.2) is 0 Å². The van der Waals surface area contributed by atoms with Gasteiger partial charge in [-0.15, -0.1) is 0 Å². The number of halogens is 1. The van der Waals surface area contributed by atoms with E-state index in [1.807, 2.05) is 24.3 Å². The van der Waals surface area contributed by atoms with E-state index in [1.165, 1.54) is 5.69 Å².